The molecule has 2 aromatic rings. The van der Waals surface area contributed by atoms with Gasteiger partial charge >= 0.3 is 5.97 Å². The van der Waals surface area contributed by atoms with Crippen molar-refractivity contribution < 1.29 is 27.9 Å². The molecule has 0 bridgehead atoms. The predicted molar refractivity (Wildman–Crippen MR) is 134 cm³/mol. The van der Waals surface area contributed by atoms with Crippen LogP contribution in [-0.2, 0) is 26.0 Å². The highest BCUT2D eigenvalue weighted by Gasteiger charge is 2.25. The Bertz CT molecular complexity index is 1150. The number of nitrogens with zero attached hydrogens (tertiary/aromatic N) is 1. The zero-order valence-electron chi connectivity index (χ0n) is 18.9. The third-order valence-corrected chi connectivity index (χ3v) is 7.07. The van der Waals surface area contributed by atoms with Gasteiger partial charge in [0.15, 0.2) is 5.96 Å². The minimum absolute atomic E-state index is 0.0210. The average Bonchev–Trinajstić information content (AvgIpc) is 2.83. The molecule has 35 heavy (non-hydrogen) atoms. The molecular formula is C23H27BrN4O6S. The van der Waals surface area contributed by atoms with E-state index in [1.807, 2.05) is 0 Å². The number of sulfonamides is 1. The van der Waals surface area contributed by atoms with Gasteiger partial charge in [0.25, 0.3) is 0 Å². The van der Waals surface area contributed by atoms with Gasteiger partial charge in [0, 0.05) is 24.0 Å². The number of carbonyl (C=O) groups excluding carboxylic acids is 1. The Labute approximate surface area is 212 Å². The molecule has 2 aromatic carbocycles. The second kappa shape index (κ2) is 12.7. The highest BCUT2D eigenvalue weighted by atomic mass is 79.9. The van der Waals surface area contributed by atoms with Crippen molar-refractivity contribution in [3.63, 3.8) is 0 Å². The smallest absolute Gasteiger partial charge is 0.322 e. The van der Waals surface area contributed by atoms with Crippen LogP contribution in [0.4, 0.5) is 0 Å². The van der Waals surface area contributed by atoms with Crippen molar-refractivity contribution in [2.75, 3.05) is 19.7 Å². The van der Waals surface area contributed by atoms with Gasteiger partial charge < -0.3 is 15.2 Å². The molecule has 1 aliphatic heterocycles. The molecule has 0 spiro atoms. The van der Waals surface area contributed by atoms with Gasteiger partial charge in [-0.1, -0.05) is 28.1 Å². The predicted octanol–water partition coefficient (Wildman–Crippen LogP) is 2.05. The first-order valence-electron chi connectivity index (χ1n) is 11.0. The first kappa shape index (κ1) is 26.6. The fourth-order valence-electron chi connectivity index (χ4n) is 3.24. The summed E-state index contributed by atoms with van der Waals surface area (Å²) in [4.78, 5) is 27.8. The molecule has 12 heteroatoms. The SMILES string of the molecule is O=C(CCCOc1ccc(C[C@H](NS(=O)(=O)c2ccc(Br)cc2)C(=O)O)cc1)NC1=NCCCN1. The fraction of sp³-hybridized carbons (Fsp3) is 0.348. The Morgan fingerprint density at radius 1 is 1.14 bits per heavy atom. The summed E-state index contributed by atoms with van der Waals surface area (Å²) in [6.45, 7) is 1.83. The van der Waals surface area contributed by atoms with E-state index in [1.165, 1.54) is 12.1 Å². The number of aliphatic carboxylic acids is 1. The van der Waals surface area contributed by atoms with Crippen LogP contribution in [0.2, 0.25) is 0 Å². The molecule has 188 valence electrons. The second-order valence-electron chi connectivity index (χ2n) is 7.82. The Kier molecular flexibility index (Phi) is 9.64. The Morgan fingerprint density at radius 2 is 1.86 bits per heavy atom. The normalized spacial score (nSPS) is 14.4. The van der Waals surface area contributed by atoms with Crippen molar-refractivity contribution in [2.24, 2.45) is 4.99 Å². The minimum Gasteiger partial charge on any atom is -0.494 e. The van der Waals surface area contributed by atoms with E-state index >= 15 is 0 Å². The number of carboxylic acids is 1. The maximum Gasteiger partial charge on any atom is 0.322 e. The van der Waals surface area contributed by atoms with Crippen LogP contribution in [-0.4, -0.2) is 57.1 Å². The van der Waals surface area contributed by atoms with Crippen molar-refractivity contribution >= 4 is 43.8 Å². The van der Waals surface area contributed by atoms with Crippen LogP contribution in [0.25, 0.3) is 0 Å². The van der Waals surface area contributed by atoms with Gasteiger partial charge in [0.1, 0.15) is 11.8 Å². The van der Waals surface area contributed by atoms with Crippen LogP contribution >= 0.6 is 15.9 Å². The lowest BCUT2D eigenvalue weighted by Gasteiger charge is -2.16. The number of hydrogen-bond donors (Lipinski definition) is 4. The summed E-state index contributed by atoms with van der Waals surface area (Å²) in [7, 11) is -4.00. The molecule has 1 aliphatic rings. The van der Waals surface area contributed by atoms with Crippen molar-refractivity contribution in [1.82, 2.24) is 15.4 Å². The topological polar surface area (TPSA) is 146 Å². The molecule has 0 fully saturated rings. The molecule has 10 nitrogen and oxygen atoms in total. The molecule has 0 saturated heterocycles. The molecule has 1 atom stereocenters. The summed E-state index contributed by atoms with van der Waals surface area (Å²) in [5.41, 5.74) is 0.628. The lowest BCUT2D eigenvalue weighted by molar-refractivity contribution is -0.138. The highest BCUT2D eigenvalue weighted by molar-refractivity contribution is 9.10. The van der Waals surface area contributed by atoms with Gasteiger partial charge in [0.05, 0.1) is 11.5 Å². The standard InChI is InChI=1S/C23H27BrN4O6S/c24-17-6-10-19(11-7-17)35(32,33)28-20(22(30)31)15-16-4-8-18(9-5-16)34-14-1-3-21(29)27-23-25-12-2-13-26-23/h4-11,20,28H,1-3,12-15H2,(H,30,31)(H2,25,26,27,29)/t20-/m0/s1. The molecule has 0 aliphatic carbocycles. The number of halogens is 1. The summed E-state index contributed by atoms with van der Waals surface area (Å²) < 4.78 is 33.7. The van der Waals surface area contributed by atoms with Crippen LogP contribution in [0.15, 0.2) is 62.9 Å². The first-order chi connectivity index (χ1) is 16.7. The number of hydrogen-bond acceptors (Lipinski definition) is 7. The van der Waals surface area contributed by atoms with E-state index in [0.29, 0.717) is 41.3 Å². The lowest BCUT2D eigenvalue weighted by atomic mass is 10.1. The van der Waals surface area contributed by atoms with Crippen molar-refractivity contribution in [1.29, 1.82) is 0 Å². The van der Waals surface area contributed by atoms with E-state index in [4.69, 9.17) is 4.74 Å². The number of aliphatic imine (C=N–C) groups is 1. The largest absolute Gasteiger partial charge is 0.494 e. The number of rotatable bonds is 11. The van der Waals surface area contributed by atoms with Gasteiger partial charge in [-0.15, -0.1) is 0 Å². The van der Waals surface area contributed by atoms with Gasteiger partial charge in [-0.25, -0.2) is 8.42 Å². The number of nitrogens with one attached hydrogen (secondary N) is 3. The van der Waals surface area contributed by atoms with E-state index in [0.717, 1.165) is 13.0 Å². The Morgan fingerprint density at radius 3 is 2.49 bits per heavy atom. The molecule has 1 amide bonds. The van der Waals surface area contributed by atoms with Gasteiger partial charge in [0.2, 0.25) is 15.9 Å². The maximum absolute atomic E-state index is 12.6. The molecule has 0 saturated carbocycles. The molecule has 0 aromatic heterocycles. The summed E-state index contributed by atoms with van der Waals surface area (Å²) in [5.74, 6) is -0.340. The zero-order chi connectivity index (χ0) is 25.3. The summed E-state index contributed by atoms with van der Waals surface area (Å²) in [5, 5.41) is 15.3. The van der Waals surface area contributed by atoms with Crippen LogP contribution in [0.3, 0.4) is 0 Å². The number of carboxylic acid groups (broad SMARTS) is 1. The Hall–Kier alpha value is -2.96. The number of amides is 1. The molecule has 0 unspecified atom stereocenters. The second-order valence-corrected chi connectivity index (χ2v) is 10.5. The van der Waals surface area contributed by atoms with Crippen molar-refractivity contribution in [3.8, 4) is 5.75 Å². The minimum atomic E-state index is -4.00. The molecule has 4 N–H and O–H groups in total. The molecule has 1 heterocycles. The van der Waals surface area contributed by atoms with Crippen molar-refractivity contribution in [2.45, 2.75) is 36.6 Å². The first-order valence-corrected chi connectivity index (χ1v) is 13.3. The lowest BCUT2D eigenvalue weighted by Crippen LogP contribution is -2.43. The van der Waals surface area contributed by atoms with Gasteiger partial charge in [-0.2, -0.15) is 4.72 Å². The third kappa shape index (κ3) is 8.64. The summed E-state index contributed by atoms with van der Waals surface area (Å²) >= 11 is 3.24. The van der Waals surface area contributed by atoms with Crippen LogP contribution < -0.4 is 20.1 Å². The Balaban J connectivity index is 1.47. The monoisotopic (exact) mass is 566 g/mol. The van der Waals surface area contributed by atoms with Crippen molar-refractivity contribution in [3.05, 3.63) is 58.6 Å². The number of guanidine groups is 1. The van der Waals surface area contributed by atoms with Crippen LogP contribution in [0.1, 0.15) is 24.8 Å². The average molecular weight is 567 g/mol. The van der Waals surface area contributed by atoms with E-state index < -0.39 is 22.0 Å². The van der Waals surface area contributed by atoms with Crippen LogP contribution in [0, 0.1) is 0 Å². The number of carbonyl (C=O) groups is 2. The van der Waals surface area contributed by atoms with Gasteiger partial charge in [-0.05, 0) is 61.2 Å². The van der Waals surface area contributed by atoms with E-state index in [-0.39, 0.29) is 23.6 Å². The molecular weight excluding hydrogens is 540 g/mol. The zero-order valence-corrected chi connectivity index (χ0v) is 21.3. The summed E-state index contributed by atoms with van der Waals surface area (Å²) in [6.07, 6.45) is 1.71. The highest BCUT2D eigenvalue weighted by Crippen LogP contribution is 2.17. The molecule has 0 radical (unpaired) electrons. The quantitative estimate of drug-likeness (QED) is 0.304. The van der Waals surface area contributed by atoms with E-state index in [2.05, 4.69) is 36.3 Å². The molecule has 3 rings (SSSR count). The number of ether oxygens (including phenoxy) is 1. The number of benzene rings is 2. The maximum atomic E-state index is 12.6. The fourth-order valence-corrected chi connectivity index (χ4v) is 4.69. The van der Waals surface area contributed by atoms with E-state index in [1.54, 1.807) is 36.4 Å². The van der Waals surface area contributed by atoms with Gasteiger partial charge in [-0.3, -0.25) is 19.9 Å². The van der Waals surface area contributed by atoms with E-state index in [9.17, 15) is 23.1 Å². The summed E-state index contributed by atoms with van der Waals surface area (Å²) in [6, 6.07) is 11.3. The third-order valence-electron chi connectivity index (χ3n) is 5.05. The van der Waals surface area contributed by atoms with Crippen LogP contribution in [0.5, 0.6) is 5.75 Å².